The van der Waals surface area contributed by atoms with Crippen LogP contribution in [0.15, 0.2) is 47.0 Å². The number of hydrogen-bond acceptors (Lipinski definition) is 5. The van der Waals surface area contributed by atoms with Gasteiger partial charge in [0.05, 0.1) is 7.11 Å². The molecule has 1 fully saturated rings. The van der Waals surface area contributed by atoms with Gasteiger partial charge in [0.25, 0.3) is 0 Å². The summed E-state index contributed by atoms with van der Waals surface area (Å²) in [6.45, 7) is 5.40. The van der Waals surface area contributed by atoms with E-state index in [9.17, 15) is 4.79 Å². The fourth-order valence-electron chi connectivity index (χ4n) is 3.63. The number of carbonyl (C=O) groups is 1. The number of urea groups is 1. The van der Waals surface area contributed by atoms with Gasteiger partial charge in [-0.1, -0.05) is 23.4 Å². The molecular formula is C23H26N4O3. The molecule has 1 N–H and O–H groups in total. The van der Waals surface area contributed by atoms with E-state index in [0.29, 0.717) is 24.8 Å². The maximum atomic E-state index is 12.6. The predicted molar refractivity (Wildman–Crippen MR) is 115 cm³/mol. The van der Waals surface area contributed by atoms with Gasteiger partial charge < -0.3 is 19.5 Å². The Morgan fingerprint density at radius 2 is 1.93 bits per heavy atom. The van der Waals surface area contributed by atoms with E-state index in [1.807, 2.05) is 54.3 Å². The van der Waals surface area contributed by atoms with Crippen molar-refractivity contribution in [2.24, 2.45) is 0 Å². The number of ether oxygens (including phenoxy) is 1. The third-order valence-corrected chi connectivity index (χ3v) is 5.66. The van der Waals surface area contributed by atoms with Crippen molar-refractivity contribution in [1.82, 2.24) is 15.0 Å². The second-order valence-electron chi connectivity index (χ2n) is 7.68. The second-order valence-corrected chi connectivity index (χ2v) is 7.68. The van der Waals surface area contributed by atoms with Gasteiger partial charge in [-0.2, -0.15) is 4.98 Å². The Morgan fingerprint density at radius 1 is 1.13 bits per heavy atom. The summed E-state index contributed by atoms with van der Waals surface area (Å²) >= 11 is 0. The minimum Gasteiger partial charge on any atom is -0.497 e. The fraction of sp³-hybridized carbons (Fsp3) is 0.348. The Kier molecular flexibility index (Phi) is 5.70. The summed E-state index contributed by atoms with van der Waals surface area (Å²) in [5.74, 6) is 2.09. The molecule has 4 rings (SSSR count). The molecule has 0 atom stereocenters. The van der Waals surface area contributed by atoms with Gasteiger partial charge in [0.1, 0.15) is 5.75 Å². The van der Waals surface area contributed by atoms with Gasteiger partial charge in [-0.25, -0.2) is 4.79 Å². The summed E-state index contributed by atoms with van der Waals surface area (Å²) in [6, 6.07) is 13.5. The summed E-state index contributed by atoms with van der Waals surface area (Å²) in [7, 11) is 1.63. The molecule has 3 aromatic rings. The molecule has 2 heterocycles. The number of amides is 2. The Morgan fingerprint density at radius 3 is 2.67 bits per heavy atom. The van der Waals surface area contributed by atoms with Crippen LogP contribution in [0.25, 0.3) is 11.4 Å². The highest BCUT2D eigenvalue weighted by Gasteiger charge is 2.27. The standard InChI is InChI=1S/C23H26N4O3/c1-15-7-8-19(13-16(15)2)24-23(28)27-11-9-17(10-12-27)22-25-21(26-30-22)18-5-4-6-20(14-18)29-3/h4-8,13-14,17H,9-12H2,1-3H3,(H,24,28). The molecule has 156 valence electrons. The predicted octanol–water partition coefficient (Wildman–Crippen LogP) is 4.77. The van der Waals surface area contributed by atoms with Crippen LogP contribution in [0.4, 0.5) is 10.5 Å². The number of nitrogens with zero attached hydrogens (tertiary/aromatic N) is 3. The van der Waals surface area contributed by atoms with Gasteiger partial charge in [0.2, 0.25) is 11.7 Å². The zero-order chi connectivity index (χ0) is 21.1. The minimum atomic E-state index is -0.0701. The van der Waals surface area contributed by atoms with E-state index in [1.54, 1.807) is 7.11 Å². The Labute approximate surface area is 176 Å². The topological polar surface area (TPSA) is 80.5 Å². The van der Waals surface area contributed by atoms with Crippen molar-refractivity contribution < 1.29 is 14.1 Å². The second kappa shape index (κ2) is 8.57. The first kappa shape index (κ1) is 19.9. The smallest absolute Gasteiger partial charge is 0.321 e. The lowest BCUT2D eigenvalue weighted by atomic mass is 9.97. The molecule has 0 saturated carbocycles. The third kappa shape index (κ3) is 4.30. The van der Waals surface area contributed by atoms with Crippen LogP contribution in [0.5, 0.6) is 5.75 Å². The number of carbonyl (C=O) groups excluding carboxylic acids is 1. The van der Waals surface area contributed by atoms with Crippen molar-refractivity contribution in [3.05, 3.63) is 59.5 Å². The molecule has 2 amide bonds. The highest BCUT2D eigenvalue weighted by atomic mass is 16.5. The molecule has 1 saturated heterocycles. The number of likely N-dealkylation sites (tertiary alicyclic amines) is 1. The highest BCUT2D eigenvalue weighted by molar-refractivity contribution is 5.89. The normalized spacial score (nSPS) is 14.6. The van der Waals surface area contributed by atoms with Gasteiger partial charge in [0, 0.05) is 30.3 Å². The van der Waals surface area contributed by atoms with Crippen molar-refractivity contribution in [2.45, 2.75) is 32.6 Å². The van der Waals surface area contributed by atoms with E-state index in [1.165, 1.54) is 5.56 Å². The largest absolute Gasteiger partial charge is 0.497 e. The average Bonchev–Trinajstić information content (AvgIpc) is 3.27. The lowest BCUT2D eigenvalue weighted by Gasteiger charge is -2.30. The Hall–Kier alpha value is -3.35. The molecule has 0 bridgehead atoms. The first-order valence-corrected chi connectivity index (χ1v) is 10.1. The molecule has 7 nitrogen and oxygen atoms in total. The summed E-state index contributed by atoms with van der Waals surface area (Å²) in [5.41, 5.74) is 4.05. The first-order chi connectivity index (χ1) is 14.5. The van der Waals surface area contributed by atoms with Gasteiger partial charge >= 0.3 is 6.03 Å². The number of aromatic nitrogens is 2. The number of aryl methyl sites for hydroxylation is 2. The first-order valence-electron chi connectivity index (χ1n) is 10.1. The van der Waals surface area contributed by atoms with E-state index in [-0.39, 0.29) is 11.9 Å². The monoisotopic (exact) mass is 406 g/mol. The van der Waals surface area contributed by atoms with Crippen molar-refractivity contribution in [3.8, 4) is 17.1 Å². The lowest BCUT2D eigenvalue weighted by molar-refractivity contribution is 0.187. The molecule has 1 aliphatic rings. The minimum absolute atomic E-state index is 0.0701. The average molecular weight is 406 g/mol. The molecule has 0 unspecified atom stereocenters. The van der Waals surface area contributed by atoms with Gasteiger partial charge in [-0.3, -0.25) is 0 Å². The van der Waals surface area contributed by atoms with Crippen molar-refractivity contribution >= 4 is 11.7 Å². The van der Waals surface area contributed by atoms with Crippen LogP contribution in [-0.4, -0.2) is 41.3 Å². The Bertz CT molecular complexity index is 1040. The van der Waals surface area contributed by atoms with Gasteiger partial charge in [-0.15, -0.1) is 0 Å². The van der Waals surface area contributed by atoms with Crippen LogP contribution in [0, 0.1) is 13.8 Å². The van der Waals surface area contributed by atoms with Gasteiger partial charge in [0.15, 0.2) is 0 Å². The zero-order valence-electron chi connectivity index (χ0n) is 17.5. The number of piperidine rings is 1. The SMILES string of the molecule is COc1cccc(-c2noc(C3CCN(C(=O)Nc4ccc(C)c(C)c4)CC3)n2)c1. The van der Waals surface area contributed by atoms with Crippen LogP contribution < -0.4 is 10.1 Å². The van der Waals surface area contributed by atoms with E-state index < -0.39 is 0 Å². The molecule has 0 aliphatic carbocycles. The zero-order valence-corrected chi connectivity index (χ0v) is 17.5. The summed E-state index contributed by atoms with van der Waals surface area (Å²) in [5, 5.41) is 7.12. The molecule has 0 spiro atoms. The molecule has 1 aliphatic heterocycles. The van der Waals surface area contributed by atoms with Crippen LogP contribution in [0.3, 0.4) is 0 Å². The van der Waals surface area contributed by atoms with Crippen molar-refractivity contribution in [2.75, 3.05) is 25.5 Å². The Balaban J connectivity index is 1.36. The van der Waals surface area contributed by atoms with E-state index in [4.69, 9.17) is 9.26 Å². The number of hydrogen-bond donors (Lipinski definition) is 1. The van der Waals surface area contributed by atoms with Crippen LogP contribution in [0.2, 0.25) is 0 Å². The number of rotatable bonds is 4. The lowest BCUT2D eigenvalue weighted by Crippen LogP contribution is -2.40. The van der Waals surface area contributed by atoms with E-state index in [0.717, 1.165) is 35.4 Å². The van der Waals surface area contributed by atoms with Crippen molar-refractivity contribution in [3.63, 3.8) is 0 Å². The molecule has 1 aromatic heterocycles. The molecule has 0 radical (unpaired) electrons. The van der Waals surface area contributed by atoms with Crippen LogP contribution in [0.1, 0.15) is 35.8 Å². The number of benzene rings is 2. The van der Waals surface area contributed by atoms with Crippen molar-refractivity contribution in [1.29, 1.82) is 0 Å². The molecular weight excluding hydrogens is 380 g/mol. The summed E-state index contributed by atoms with van der Waals surface area (Å²) in [6.07, 6.45) is 1.58. The molecule has 7 heteroatoms. The van der Waals surface area contributed by atoms with Crippen LogP contribution in [-0.2, 0) is 0 Å². The summed E-state index contributed by atoms with van der Waals surface area (Å²) < 4.78 is 10.8. The van der Waals surface area contributed by atoms with Gasteiger partial charge in [-0.05, 0) is 62.1 Å². The number of anilines is 1. The van der Waals surface area contributed by atoms with E-state index >= 15 is 0 Å². The highest BCUT2D eigenvalue weighted by Crippen LogP contribution is 2.29. The quantitative estimate of drug-likeness (QED) is 0.675. The molecule has 30 heavy (non-hydrogen) atoms. The van der Waals surface area contributed by atoms with E-state index in [2.05, 4.69) is 22.4 Å². The fourth-order valence-corrected chi connectivity index (χ4v) is 3.63. The maximum absolute atomic E-state index is 12.6. The summed E-state index contributed by atoms with van der Waals surface area (Å²) in [4.78, 5) is 19.0. The number of nitrogens with one attached hydrogen (secondary N) is 1. The maximum Gasteiger partial charge on any atom is 0.321 e. The molecule has 2 aromatic carbocycles. The number of methoxy groups -OCH3 is 1. The van der Waals surface area contributed by atoms with Crippen LogP contribution >= 0.6 is 0 Å². The third-order valence-electron chi connectivity index (χ3n) is 5.66.